The van der Waals surface area contributed by atoms with Crippen LogP contribution in [-0.4, -0.2) is 28.2 Å². The molecule has 6 heterocycles. The number of imidazole rings is 2. The molecule has 356 valence electrons. The van der Waals surface area contributed by atoms with E-state index in [9.17, 15) is 0 Å². The molecule has 8 nitrogen and oxygen atoms in total. The third kappa shape index (κ3) is 7.63. The molecule has 8 heteroatoms. The lowest BCUT2D eigenvalue weighted by Gasteiger charge is -2.09. The second kappa shape index (κ2) is 18.1. The molecule has 0 unspecified atom stereocenters. The summed E-state index contributed by atoms with van der Waals surface area (Å²) in [6.45, 7) is 2.08. The van der Waals surface area contributed by atoms with E-state index in [0.29, 0.717) is 0 Å². The van der Waals surface area contributed by atoms with E-state index in [2.05, 4.69) is 219 Å². The van der Waals surface area contributed by atoms with Crippen LogP contribution in [0.2, 0.25) is 0 Å². The maximum absolute atomic E-state index is 6.25. The molecule has 0 N–H and O–H groups in total. The summed E-state index contributed by atoms with van der Waals surface area (Å²) in [5.41, 5.74) is 15.1. The Balaban J connectivity index is 0.000000123. The van der Waals surface area contributed by atoms with Crippen molar-refractivity contribution >= 4 is 87.5 Å². The van der Waals surface area contributed by atoms with Crippen LogP contribution in [0.15, 0.2) is 270 Å². The summed E-state index contributed by atoms with van der Waals surface area (Å²) in [6.07, 6.45) is 9.41. The summed E-state index contributed by atoms with van der Waals surface area (Å²) in [7, 11) is 0. The lowest BCUT2D eigenvalue weighted by Crippen LogP contribution is -1.96. The summed E-state index contributed by atoms with van der Waals surface area (Å²) in [6, 6.07) is 80.4. The van der Waals surface area contributed by atoms with Crippen molar-refractivity contribution in [1.29, 1.82) is 0 Å². The number of aromatic nitrogens is 6. The van der Waals surface area contributed by atoms with E-state index in [0.717, 1.165) is 78.0 Å². The van der Waals surface area contributed by atoms with E-state index in [4.69, 9.17) is 8.83 Å². The molecule has 0 saturated carbocycles. The van der Waals surface area contributed by atoms with Crippen LogP contribution in [0, 0.1) is 6.92 Å². The van der Waals surface area contributed by atoms with Gasteiger partial charge in [-0.3, -0.25) is 4.57 Å². The van der Waals surface area contributed by atoms with Crippen molar-refractivity contribution in [3.63, 3.8) is 0 Å². The number of hydrogen-bond donors (Lipinski definition) is 0. The van der Waals surface area contributed by atoms with Gasteiger partial charge in [-0.15, -0.1) is 0 Å². The van der Waals surface area contributed by atoms with Crippen LogP contribution in [0.5, 0.6) is 0 Å². The van der Waals surface area contributed by atoms with Gasteiger partial charge < -0.3 is 22.5 Å². The highest BCUT2D eigenvalue weighted by Crippen LogP contribution is 2.38. The maximum atomic E-state index is 6.25. The van der Waals surface area contributed by atoms with Gasteiger partial charge in [0.1, 0.15) is 28.2 Å². The standard InChI is InChI=1S/C33H21N3O.C27H17N3O.C7H8/c1-2-8-22(9-3-1)33-34-18-19-35(33)23-14-16-31-27(20-23)28-21-24(15-17-32(28)37-31)36-29-12-6-4-10-25(29)26-11-5-7-13-30(26)36;1-3-7-24-20(5-1)21-6-2-4-8-25(21)30(24)19-10-12-27-23(16-19)22-15-18(9-11-26(22)31-27)29-14-13-28-17-29;1-7-5-3-2-4-6-7/h1-21H;1-17H;2-6H,1H3. The van der Waals surface area contributed by atoms with Gasteiger partial charge in [0.2, 0.25) is 0 Å². The Morgan fingerprint density at radius 2 is 0.747 bits per heavy atom. The molecule has 16 aromatic rings. The van der Waals surface area contributed by atoms with Crippen molar-refractivity contribution in [1.82, 2.24) is 28.2 Å². The Hall–Kier alpha value is -10.2. The number of rotatable bonds is 5. The zero-order chi connectivity index (χ0) is 49.8. The summed E-state index contributed by atoms with van der Waals surface area (Å²) < 4.78 is 21.2. The van der Waals surface area contributed by atoms with Gasteiger partial charge in [0, 0.05) is 96.2 Å². The van der Waals surface area contributed by atoms with Crippen LogP contribution in [0.4, 0.5) is 0 Å². The molecule has 6 aromatic heterocycles. The van der Waals surface area contributed by atoms with Crippen LogP contribution >= 0.6 is 0 Å². The van der Waals surface area contributed by atoms with Crippen molar-refractivity contribution in [3.05, 3.63) is 267 Å². The lowest BCUT2D eigenvalue weighted by molar-refractivity contribution is 0.668. The fourth-order valence-electron chi connectivity index (χ4n) is 10.8. The lowest BCUT2D eigenvalue weighted by atomic mass is 10.1. The van der Waals surface area contributed by atoms with Crippen molar-refractivity contribution < 1.29 is 8.83 Å². The number of hydrogen-bond acceptors (Lipinski definition) is 4. The van der Waals surface area contributed by atoms with Crippen LogP contribution in [0.25, 0.3) is 122 Å². The third-order valence-electron chi connectivity index (χ3n) is 14.2. The van der Waals surface area contributed by atoms with Crippen LogP contribution < -0.4 is 0 Å². The van der Waals surface area contributed by atoms with Crippen LogP contribution in [0.1, 0.15) is 5.56 Å². The zero-order valence-electron chi connectivity index (χ0n) is 40.8. The second-order valence-corrected chi connectivity index (χ2v) is 18.8. The van der Waals surface area contributed by atoms with E-state index >= 15 is 0 Å². The van der Waals surface area contributed by atoms with E-state index in [1.165, 1.54) is 49.2 Å². The fourth-order valence-corrected chi connectivity index (χ4v) is 10.8. The first-order valence-corrected chi connectivity index (χ1v) is 25.1. The number of para-hydroxylation sites is 4. The Morgan fingerprint density at radius 1 is 0.347 bits per heavy atom. The summed E-state index contributed by atoms with van der Waals surface area (Å²) in [5.74, 6) is 0.915. The molecule has 16 rings (SSSR count). The van der Waals surface area contributed by atoms with Crippen molar-refractivity contribution in [3.8, 4) is 34.1 Å². The fraction of sp³-hybridized carbons (Fsp3) is 0.0149. The molecular weight excluding hydrogens is 921 g/mol. The molecule has 0 saturated heterocycles. The van der Waals surface area contributed by atoms with Crippen molar-refractivity contribution in [2.75, 3.05) is 0 Å². The van der Waals surface area contributed by atoms with Gasteiger partial charge in [-0.25, -0.2) is 9.97 Å². The highest BCUT2D eigenvalue weighted by molar-refractivity contribution is 6.12. The van der Waals surface area contributed by atoms with Gasteiger partial charge in [-0.2, -0.15) is 0 Å². The van der Waals surface area contributed by atoms with Crippen molar-refractivity contribution in [2.45, 2.75) is 6.92 Å². The molecule has 0 bridgehead atoms. The molecule has 0 aliphatic carbocycles. The average molecular weight is 967 g/mol. The molecule has 0 fully saturated rings. The molecule has 0 amide bonds. The molecule has 0 spiro atoms. The Labute approximate surface area is 430 Å². The first-order valence-electron chi connectivity index (χ1n) is 25.1. The topological polar surface area (TPSA) is 71.8 Å². The summed E-state index contributed by atoms with van der Waals surface area (Å²) in [5, 5.41) is 9.42. The van der Waals surface area contributed by atoms with E-state index in [1.54, 1.807) is 6.20 Å². The summed E-state index contributed by atoms with van der Waals surface area (Å²) >= 11 is 0. The minimum atomic E-state index is 0.875. The summed E-state index contributed by atoms with van der Waals surface area (Å²) in [4.78, 5) is 8.81. The van der Waals surface area contributed by atoms with Crippen LogP contribution in [0.3, 0.4) is 0 Å². The minimum Gasteiger partial charge on any atom is -0.456 e. The number of aryl methyl sites for hydroxylation is 1. The molecule has 0 radical (unpaired) electrons. The average Bonchev–Trinajstić information content (AvgIpc) is 4.39. The Bertz CT molecular complexity index is 4620. The smallest absolute Gasteiger partial charge is 0.144 e. The quantitative estimate of drug-likeness (QED) is 0.172. The minimum absolute atomic E-state index is 0.875. The predicted octanol–water partition coefficient (Wildman–Crippen LogP) is 17.4. The molecule has 0 aliphatic heterocycles. The monoisotopic (exact) mass is 966 g/mol. The van der Waals surface area contributed by atoms with E-state index in [-0.39, 0.29) is 0 Å². The predicted molar refractivity (Wildman–Crippen MR) is 307 cm³/mol. The Kier molecular flexibility index (Phi) is 10.5. The normalized spacial score (nSPS) is 11.5. The second-order valence-electron chi connectivity index (χ2n) is 18.8. The molecule has 0 aliphatic rings. The highest BCUT2D eigenvalue weighted by Gasteiger charge is 2.17. The number of furan rings is 2. The molecule has 75 heavy (non-hydrogen) atoms. The highest BCUT2D eigenvalue weighted by atomic mass is 16.3. The third-order valence-corrected chi connectivity index (χ3v) is 14.2. The van der Waals surface area contributed by atoms with Gasteiger partial charge in [-0.05, 0) is 104 Å². The largest absolute Gasteiger partial charge is 0.456 e. The molecule has 10 aromatic carbocycles. The SMILES string of the molecule is Cc1ccccc1.c1ccc(-c2nccn2-c2ccc3oc4ccc(-n5c6ccccc6c6ccccc65)cc4c3c2)cc1.c1ccc2c(c1)c1ccccc1n2-c1ccc2oc3ccc(-n4ccnc4)cc3c2c1. The maximum Gasteiger partial charge on any atom is 0.144 e. The van der Waals surface area contributed by atoms with E-state index < -0.39 is 0 Å². The first-order chi connectivity index (χ1) is 37.1. The van der Waals surface area contributed by atoms with Gasteiger partial charge in [0.05, 0.1) is 28.4 Å². The zero-order valence-corrected chi connectivity index (χ0v) is 40.8. The van der Waals surface area contributed by atoms with Gasteiger partial charge in [-0.1, -0.05) is 139 Å². The number of benzene rings is 10. The Morgan fingerprint density at radius 3 is 1.19 bits per heavy atom. The van der Waals surface area contributed by atoms with Gasteiger partial charge >= 0.3 is 0 Å². The first kappa shape index (κ1) is 43.6. The molecular formula is C67H46N6O2. The van der Waals surface area contributed by atoms with Gasteiger partial charge in [0.25, 0.3) is 0 Å². The van der Waals surface area contributed by atoms with Crippen LogP contribution in [-0.2, 0) is 0 Å². The van der Waals surface area contributed by atoms with Crippen molar-refractivity contribution in [2.24, 2.45) is 0 Å². The molecule has 0 atom stereocenters. The van der Waals surface area contributed by atoms with E-state index in [1.807, 2.05) is 71.9 Å². The number of fused-ring (bicyclic) bond motifs is 12. The number of nitrogens with zero attached hydrogens (tertiary/aromatic N) is 6. The van der Waals surface area contributed by atoms with Gasteiger partial charge in [0.15, 0.2) is 0 Å².